The molecule has 3 atom stereocenters. The lowest BCUT2D eigenvalue weighted by molar-refractivity contribution is -0.287. The number of halogens is 5. The van der Waals surface area contributed by atoms with Crippen LogP contribution < -0.4 is 10.6 Å². The number of rotatable bonds is 3. The molecule has 0 aliphatic carbocycles. The van der Waals surface area contributed by atoms with E-state index in [9.17, 15) is 33.0 Å². The summed E-state index contributed by atoms with van der Waals surface area (Å²) in [6, 6.07) is 2.49. The van der Waals surface area contributed by atoms with Gasteiger partial charge in [-0.15, -0.1) is 11.3 Å². The number of thiophene rings is 1. The van der Waals surface area contributed by atoms with Crippen molar-refractivity contribution in [3.63, 3.8) is 0 Å². The number of urea groups is 1. The summed E-state index contributed by atoms with van der Waals surface area (Å²) >= 11 is 7.12. The van der Waals surface area contributed by atoms with Crippen molar-refractivity contribution in [3.8, 4) is 5.75 Å². The first-order chi connectivity index (χ1) is 13.0. The maximum absolute atomic E-state index is 13.8. The van der Waals surface area contributed by atoms with E-state index in [2.05, 4.69) is 37.2 Å². The molecule has 28 heavy (non-hydrogen) atoms. The number of phenols is 1. The molecule has 2 aromatic rings. The molecule has 3 rings (SSSR count). The summed E-state index contributed by atoms with van der Waals surface area (Å²) < 4.78 is 41.8. The first kappa shape index (κ1) is 21.1. The SMILES string of the molecule is O=C1N[C@H](c2cc(Br)cc(Br)c2O)[C@H](C(=O)c2cccs2)[C@@](O)(C(F)(F)F)N1. The molecular formula is C16H11Br2F3N2O4S. The van der Waals surface area contributed by atoms with Gasteiger partial charge in [-0.05, 0) is 39.5 Å². The van der Waals surface area contributed by atoms with Crippen LogP contribution in [0.4, 0.5) is 18.0 Å². The minimum absolute atomic E-state index is 0.0378. The van der Waals surface area contributed by atoms with Crippen molar-refractivity contribution in [1.29, 1.82) is 0 Å². The van der Waals surface area contributed by atoms with Gasteiger partial charge in [0.25, 0.3) is 0 Å². The molecule has 150 valence electrons. The Morgan fingerprint density at radius 3 is 2.54 bits per heavy atom. The summed E-state index contributed by atoms with van der Waals surface area (Å²) in [4.78, 5) is 24.9. The van der Waals surface area contributed by atoms with Crippen LogP contribution in [0, 0.1) is 5.92 Å². The summed E-state index contributed by atoms with van der Waals surface area (Å²) in [5.74, 6) is -3.71. The Bertz CT molecular complexity index is 939. The molecule has 0 bridgehead atoms. The molecule has 2 amide bonds. The number of alkyl halides is 3. The van der Waals surface area contributed by atoms with E-state index < -0.39 is 41.4 Å². The van der Waals surface area contributed by atoms with Gasteiger partial charge in [0.15, 0.2) is 5.78 Å². The molecule has 0 unspecified atom stereocenters. The topological polar surface area (TPSA) is 98.7 Å². The fourth-order valence-electron chi connectivity index (χ4n) is 2.99. The van der Waals surface area contributed by atoms with Gasteiger partial charge in [0.05, 0.1) is 15.4 Å². The van der Waals surface area contributed by atoms with E-state index in [4.69, 9.17) is 0 Å². The number of nitrogens with one attached hydrogen (secondary N) is 2. The van der Waals surface area contributed by atoms with Gasteiger partial charge in [-0.2, -0.15) is 13.2 Å². The predicted molar refractivity (Wildman–Crippen MR) is 101 cm³/mol. The molecule has 1 aromatic carbocycles. The molecule has 2 heterocycles. The van der Waals surface area contributed by atoms with Crippen LogP contribution in [0.5, 0.6) is 5.75 Å². The monoisotopic (exact) mass is 542 g/mol. The molecule has 4 N–H and O–H groups in total. The zero-order chi connectivity index (χ0) is 20.9. The number of carbonyl (C=O) groups excluding carboxylic acids is 2. The van der Waals surface area contributed by atoms with Gasteiger partial charge in [-0.1, -0.05) is 22.0 Å². The van der Waals surface area contributed by atoms with Crippen molar-refractivity contribution in [2.24, 2.45) is 5.92 Å². The average Bonchev–Trinajstić information content (AvgIpc) is 3.10. The van der Waals surface area contributed by atoms with Gasteiger partial charge in [-0.3, -0.25) is 4.79 Å². The highest BCUT2D eigenvalue weighted by atomic mass is 79.9. The van der Waals surface area contributed by atoms with Crippen LogP contribution in [0.15, 0.2) is 38.6 Å². The summed E-state index contributed by atoms with van der Waals surface area (Å²) in [5, 5.41) is 26.0. The van der Waals surface area contributed by atoms with Crippen molar-refractivity contribution < 1.29 is 33.0 Å². The number of phenolic OH excluding ortho intramolecular Hbond substituents is 1. The van der Waals surface area contributed by atoms with E-state index in [0.717, 1.165) is 11.3 Å². The van der Waals surface area contributed by atoms with Crippen LogP contribution in [0.1, 0.15) is 21.3 Å². The summed E-state index contributed by atoms with van der Waals surface area (Å²) in [5.41, 5.74) is -4.02. The third-order valence-corrected chi connectivity index (χ3v) is 6.19. The largest absolute Gasteiger partial charge is 0.506 e. The zero-order valence-electron chi connectivity index (χ0n) is 13.6. The first-order valence-corrected chi connectivity index (χ1v) is 10.1. The van der Waals surface area contributed by atoms with Gasteiger partial charge in [0.2, 0.25) is 5.72 Å². The van der Waals surface area contributed by atoms with Gasteiger partial charge >= 0.3 is 12.2 Å². The Morgan fingerprint density at radius 2 is 1.96 bits per heavy atom. The van der Waals surface area contributed by atoms with E-state index in [-0.39, 0.29) is 14.9 Å². The zero-order valence-corrected chi connectivity index (χ0v) is 17.5. The molecule has 0 radical (unpaired) electrons. The Labute approximate surface area is 177 Å². The highest BCUT2D eigenvalue weighted by Crippen LogP contribution is 2.47. The molecule has 1 aliphatic heterocycles. The number of Topliss-reactive ketones (excluding diaryl/α,β-unsaturated/α-hetero) is 1. The number of ketones is 1. The van der Waals surface area contributed by atoms with Crippen LogP contribution in [0.3, 0.4) is 0 Å². The van der Waals surface area contributed by atoms with Gasteiger partial charge in [-0.25, -0.2) is 4.79 Å². The number of aromatic hydroxyl groups is 1. The minimum atomic E-state index is -5.36. The second-order valence-corrected chi connectivity index (χ2v) is 8.70. The maximum atomic E-state index is 13.8. The Hall–Kier alpha value is -1.63. The Morgan fingerprint density at radius 1 is 1.29 bits per heavy atom. The second-order valence-electron chi connectivity index (χ2n) is 5.98. The Kier molecular flexibility index (Phi) is 5.51. The van der Waals surface area contributed by atoms with E-state index in [1.807, 2.05) is 0 Å². The lowest BCUT2D eigenvalue weighted by Gasteiger charge is -2.45. The minimum Gasteiger partial charge on any atom is -0.506 e. The molecule has 0 saturated carbocycles. The molecule has 1 fully saturated rings. The van der Waals surface area contributed by atoms with Crippen molar-refractivity contribution in [2.75, 3.05) is 0 Å². The van der Waals surface area contributed by atoms with Crippen molar-refractivity contribution in [2.45, 2.75) is 17.9 Å². The summed E-state index contributed by atoms with van der Waals surface area (Å²) in [6.07, 6.45) is -5.36. The number of hydrogen-bond acceptors (Lipinski definition) is 5. The average molecular weight is 544 g/mol. The van der Waals surface area contributed by atoms with Crippen molar-refractivity contribution >= 4 is 55.0 Å². The summed E-state index contributed by atoms with van der Waals surface area (Å²) in [7, 11) is 0. The van der Waals surface area contributed by atoms with Crippen molar-refractivity contribution in [1.82, 2.24) is 10.6 Å². The van der Waals surface area contributed by atoms with E-state index in [1.165, 1.54) is 35.0 Å². The number of aliphatic hydroxyl groups is 1. The fourth-order valence-corrected chi connectivity index (χ4v) is 4.96. The Balaban J connectivity index is 2.24. The highest BCUT2D eigenvalue weighted by Gasteiger charge is 2.66. The standard InChI is InChI=1S/C16H11Br2F3N2O4S/c17-6-4-7(12(24)8(18)5-6)11-10(13(25)9-2-1-3-28-9)15(27,16(19,20)21)23-14(26)22-11/h1-5,10-11,24,27H,(H2,22,23,26)/t10-,11-,15-/m1/s1. The van der Waals surface area contributed by atoms with E-state index in [0.29, 0.717) is 4.47 Å². The third kappa shape index (κ3) is 3.53. The normalized spacial score (nSPS) is 25.1. The molecule has 1 aromatic heterocycles. The van der Waals surface area contributed by atoms with Crippen molar-refractivity contribution in [3.05, 3.63) is 49.0 Å². The van der Waals surface area contributed by atoms with E-state index in [1.54, 1.807) is 0 Å². The fraction of sp³-hybridized carbons (Fsp3) is 0.250. The van der Waals surface area contributed by atoms with Crippen LogP contribution >= 0.6 is 43.2 Å². The molecule has 0 spiro atoms. The second kappa shape index (κ2) is 7.32. The molecule has 6 nitrogen and oxygen atoms in total. The number of carbonyl (C=O) groups is 2. The van der Waals surface area contributed by atoms with Crippen LogP contribution in [-0.4, -0.2) is 33.9 Å². The smallest absolute Gasteiger partial charge is 0.437 e. The van der Waals surface area contributed by atoms with E-state index >= 15 is 0 Å². The quantitative estimate of drug-likeness (QED) is 0.438. The predicted octanol–water partition coefficient (Wildman–Crippen LogP) is 4.08. The highest BCUT2D eigenvalue weighted by molar-refractivity contribution is 9.11. The lowest BCUT2D eigenvalue weighted by atomic mass is 9.78. The third-order valence-electron chi connectivity index (χ3n) is 4.25. The maximum Gasteiger partial charge on any atom is 0.437 e. The lowest BCUT2D eigenvalue weighted by Crippen LogP contribution is -2.72. The molecule has 1 aliphatic rings. The number of amides is 2. The van der Waals surface area contributed by atoms with Crippen LogP contribution in [0.25, 0.3) is 0 Å². The van der Waals surface area contributed by atoms with Gasteiger partial charge in [0, 0.05) is 10.0 Å². The molecular weight excluding hydrogens is 533 g/mol. The van der Waals surface area contributed by atoms with Gasteiger partial charge in [0.1, 0.15) is 11.7 Å². The van der Waals surface area contributed by atoms with Gasteiger partial charge < -0.3 is 20.8 Å². The number of hydrogen-bond donors (Lipinski definition) is 4. The van der Waals surface area contributed by atoms with Crippen LogP contribution in [-0.2, 0) is 0 Å². The van der Waals surface area contributed by atoms with Crippen LogP contribution in [0.2, 0.25) is 0 Å². The first-order valence-electron chi connectivity index (χ1n) is 7.59. The summed E-state index contributed by atoms with van der Waals surface area (Å²) in [6.45, 7) is 0. The number of benzene rings is 1. The molecule has 12 heteroatoms. The molecule has 1 saturated heterocycles.